The molecule has 1 aliphatic carbocycles. The molecule has 0 aromatic heterocycles. The van der Waals surface area contributed by atoms with E-state index in [4.69, 9.17) is 5.11 Å². The van der Waals surface area contributed by atoms with Crippen LogP contribution in [0.3, 0.4) is 0 Å². The quantitative estimate of drug-likeness (QED) is 0.843. The molecule has 0 heterocycles. The summed E-state index contributed by atoms with van der Waals surface area (Å²) in [7, 11) is 0. The predicted molar refractivity (Wildman–Crippen MR) is 66.1 cm³/mol. The number of aliphatic hydroxyl groups excluding tert-OH is 1. The van der Waals surface area contributed by atoms with Gasteiger partial charge in [0.1, 0.15) is 5.82 Å². The second-order valence-corrected chi connectivity index (χ2v) is 4.87. The second kappa shape index (κ2) is 6.12. The highest BCUT2D eigenvalue weighted by Gasteiger charge is 2.20. The topological polar surface area (TPSA) is 32.3 Å². The number of hydrogen-bond acceptors (Lipinski definition) is 2. The molecule has 0 aliphatic heterocycles. The van der Waals surface area contributed by atoms with Crippen LogP contribution in [0.5, 0.6) is 0 Å². The lowest BCUT2D eigenvalue weighted by molar-refractivity contribution is 0.175. The van der Waals surface area contributed by atoms with Crippen molar-refractivity contribution in [3.63, 3.8) is 0 Å². The third kappa shape index (κ3) is 3.51. The molecule has 0 bridgehead atoms. The zero-order chi connectivity index (χ0) is 12.1. The maximum absolute atomic E-state index is 13.4. The number of aliphatic hydroxyl groups is 1. The van der Waals surface area contributed by atoms with Crippen molar-refractivity contribution in [1.29, 1.82) is 0 Å². The van der Waals surface area contributed by atoms with Crippen LogP contribution < -0.4 is 5.32 Å². The Morgan fingerprint density at radius 2 is 1.88 bits per heavy atom. The van der Waals surface area contributed by atoms with Gasteiger partial charge in [0, 0.05) is 24.8 Å². The number of benzene rings is 1. The minimum absolute atomic E-state index is 0.135. The second-order valence-electron chi connectivity index (χ2n) is 4.87. The molecule has 1 aliphatic rings. The van der Waals surface area contributed by atoms with Gasteiger partial charge in [-0.25, -0.2) is 4.39 Å². The number of halogens is 1. The highest BCUT2D eigenvalue weighted by atomic mass is 19.1. The van der Waals surface area contributed by atoms with Crippen LogP contribution in [0.15, 0.2) is 24.3 Å². The van der Waals surface area contributed by atoms with Crippen molar-refractivity contribution in [2.24, 2.45) is 5.92 Å². The Bertz CT molecular complexity index is 348. The molecule has 0 saturated heterocycles. The summed E-state index contributed by atoms with van der Waals surface area (Å²) in [5, 5.41) is 12.5. The van der Waals surface area contributed by atoms with Crippen LogP contribution >= 0.6 is 0 Å². The van der Waals surface area contributed by atoms with Gasteiger partial charge in [0.25, 0.3) is 0 Å². The van der Waals surface area contributed by atoms with Crippen molar-refractivity contribution in [3.8, 4) is 0 Å². The van der Waals surface area contributed by atoms with Crippen LogP contribution in [0.25, 0.3) is 0 Å². The lowest BCUT2D eigenvalue weighted by Gasteiger charge is -2.28. The van der Waals surface area contributed by atoms with Gasteiger partial charge in [-0.2, -0.15) is 0 Å². The molecule has 3 heteroatoms. The van der Waals surface area contributed by atoms with E-state index in [9.17, 15) is 4.39 Å². The maximum Gasteiger partial charge on any atom is 0.127 e. The molecule has 0 spiro atoms. The molecule has 2 N–H and O–H groups in total. The molecule has 0 amide bonds. The van der Waals surface area contributed by atoms with Crippen molar-refractivity contribution in [1.82, 2.24) is 5.32 Å². The van der Waals surface area contributed by atoms with Gasteiger partial charge in [-0.3, -0.25) is 0 Å². The molecule has 1 saturated carbocycles. The monoisotopic (exact) mass is 237 g/mol. The summed E-state index contributed by atoms with van der Waals surface area (Å²) in [4.78, 5) is 0. The van der Waals surface area contributed by atoms with Crippen LogP contribution in [0.1, 0.15) is 31.2 Å². The van der Waals surface area contributed by atoms with E-state index >= 15 is 0 Å². The first-order chi connectivity index (χ1) is 8.29. The molecule has 2 nitrogen and oxygen atoms in total. The summed E-state index contributed by atoms with van der Waals surface area (Å²) < 4.78 is 13.4. The van der Waals surface area contributed by atoms with Gasteiger partial charge in [0.05, 0.1) is 0 Å². The summed E-state index contributed by atoms with van der Waals surface area (Å²) in [6.07, 6.45) is 4.32. The van der Waals surface area contributed by atoms with Crippen LogP contribution in [0.4, 0.5) is 4.39 Å². The third-order valence-electron chi connectivity index (χ3n) is 3.64. The maximum atomic E-state index is 13.4. The average molecular weight is 237 g/mol. The zero-order valence-electron chi connectivity index (χ0n) is 10.0. The predicted octanol–water partition coefficient (Wildman–Crippen LogP) is 2.47. The van der Waals surface area contributed by atoms with Gasteiger partial charge in [0.15, 0.2) is 0 Å². The number of hydrogen-bond donors (Lipinski definition) is 2. The molecule has 1 fully saturated rings. The SMILES string of the molecule is OC[C@H]1CC[C@H](NCc2ccccc2F)CC1. The third-order valence-corrected chi connectivity index (χ3v) is 3.64. The molecule has 0 atom stereocenters. The normalized spacial score (nSPS) is 24.8. The molecule has 0 radical (unpaired) electrons. The van der Waals surface area contributed by atoms with Gasteiger partial charge < -0.3 is 10.4 Å². The smallest absolute Gasteiger partial charge is 0.127 e. The Morgan fingerprint density at radius 3 is 2.53 bits per heavy atom. The van der Waals surface area contributed by atoms with E-state index in [1.807, 2.05) is 12.1 Å². The van der Waals surface area contributed by atoms with Gasteiger partial charge >= 0.3 is 0 Å². The number of nitrogens with one attached hydrogen (secondary N) is 1. The molecule has 17 heavy (non-hydrogen) atoms. The summed E-state index contributed by atoms with van der Waals surface area (Å²) in [5.41, 5.74) is 0.733. The van der Waals surface area contributed by atoms with Gasteiger partial charge in [-0.15, -0.1) is 0 Å². The first kappa shape index (κ1) is 12.5. The lowest BCUT2D eigenvalue weighted by atomic mass is 9.86. The van der Waals surface area contributed by atoms with Crippen LogP contribution in [0.2, 0.25) is 0 Å². The van der Waals surface area contributed by atoms with Crippen molar-refractivity contribution < 1.29 is 9.50 Å². The minimum atomic E-state index is -0.135. The molecular formula is C14H20FNO. The highest BCUT2D eigenvalue weighted by Crippen LogP contribution is 2.24. The Balaban J connectivity index is 1.78. The van der Waals surface area contributed by atoms with Crippen LogP contribution in [-0.2, 0) is 6.54 Å². The first-order valence-corrected chi connectivity index (χ1v) is 6.37. The average Bonchev–Trinajstić information content (AvgIpc) is 2.38. The fourth-order valence-electron chi connectivity index (χ4n) is 2.45. The molecule has 94 valence electrons. The summed E-state index contributed by atoms with van der Waals surface area (Å²) in [5.74, 6) is 0.338. The van der Waals surface area contributed by atoms with Crippen molar-refractivity contribution >= 4 is 0 Å². The van der Waals surface area contributed by atoms with Crippen molar-refractivity contribution in [2.45, 2.75) is 38.3 Å². The minimum Gasteiger partial charge on any atom is -0.396 e. The van der Waals surface area contributed by atoms with E-state index in [1.165, 1.54) is 6.07 Å². The largest absolute Gasteiger partial charge is 0.396 e. The fourth-order valence-corrected chi connectivity index (χ4v) is 2.45. The van der Waals surface area contributed by atoms with E-state index in [1.54, 1.807) is 6.07 Å². The number of rotatable bonds is 4. The Labute approximate surface area is 102 Å². The van der Waals surface area contributed by atoms with Gasteiger partial charge in [0.2, 0.25) is 0 Å². The molecule has 0 unspecified atom stereocenters. The van der Waals surface area contributed by atoms with Crippen LogP contribution in [-0.4, -0.2) is 17.8 Å². The van der Waals surface area contributed by atoms with E-state index in [0.717, 1.165) is 31.2 Å². The van der Waals surface area contributed by atoms with E-state index in [2.05, 4.69) is 5.32 Å². The Hall–Kier alpha value is -0.930. The summed E-state index contributed by atoms with van der Waals surface area (Å²) >= 11 is 0. The Morgan fingerprint density at radius 1 is 1.18 bits per heavy atom. The van der Waals surface area contributed by atoms with Gasteiger partial charge in [-0.05, 0) is 37.7 Å². The molecule has 2 rings (SSSR count). The van der Waals surface area contributed by atoms with E-state index in [-0.39, 0.29) is 5.82 Å². The zero-order valence-corrected chi connectivity index (χ0v) is 10.0. The molecule has 1 aromatic rings. The molecular weight excluding hydrogens is 217 g/mol. The lowest BCUT2D eigenvalue weighted by Crippen LogP contribution is -2.33. The standard InChI is InChI=1S/C14H20FNO/c15-14-4-2-1-3-12(14)9-16-13-7-5-11(10-17)6-8-13/h1-4,11,13,16-17H,5-10H2/t11-,13-. The van der Waals surface area contributed by atoms with Crippen LogP contribution in [0, 0.1) is 11.7 Å². The molecule has 1 aromatic carbocycles. The van der Waals surface area contributed by atoms with Crippen molar-refractivity contribution in [3.05, 3.63) is 35.6 Å². The first-order valence-electron chi connectivity index (χ1n) is 6.37. The van der Waals surface area contributed by atoms with Gasteiger partial charge in [-0.1, -0.05) is 18.2 Å². The fraction of sp³-hybridized carbons (Fsp3) is 0.571. The summed E-state index contributed by atoms with van der Waals surface area (Å²) in [6.45, 7) is 0.904. The van der Waals surface area contributed by atoms with E-state index < -0.39 is 0 Å². The Kier molecular flexibility index (Phi) is 4.51. The highest BCUT2D eigenvalue weighted by molar-refractivity contribution is 5.17. The summed E-state index contributed by atoms with van der Waals surface area (Å²) in [6, 6.07) is 7.37. The van der Waals surface area contributed by atoms with E-state index in [0.29, 0.717) is 25.1 Å². The van der Waals surface area contributed by atoms with Crippen molar-refractivity contribution in [2.75, 3.05) is 6.61 Å².